The topological polar surface area (TPSA) is 42.2 Å². The lowest BCUT2D eigenvalue weighted by molar-refractivity contribution is 0.258. The van der Waals surface area contributed by atoms with Crippen LogP contribution in [0.3, 0.4) is 0 Å². The third kappa shape index (κ3) is 2.75. The quantitative estimate of drug-likeness (QED) is 0.918. The van der Waals surface area contributed by atoms with Gasteiger partial charge in [0.05, 0.1) is 4.70 Å². The minimum absolute atomic E-state index is 0. The van der Waals surface area contributed by atoms with E-state index in [1.807, 2.05) is 11.3 Å². The van der Waals surface area contributed by atoms with Crippen LogP contribution in [0.2, 0.25) is 0 Å². The standard InChI is InChI=1S/C11H15N3S2.2ClH/c1-2-4-14-5-3-8-7(6-14)9-10(15-8)13-11(12)16-9;;/h2-6H2,1H3,(H2,12,13);2*1H. The molecule has 0 saturated heterocycles. The Morgan fingerprint density at radius 2 is 2.11 bits per heavy atom. The Morgan fingerprint density at radius 1 is 1.33 bits per heavy atom. The maximum atomic E-state index is 5.76. The number of rotatable bonds is 2. The normalized spacial score (nSPS) is 14.9. The molecule has 0 unspecified atom stereocenters. The number of thiazole rings is 1. The molecule has 3 nitrogen and oxygen atoms in total. The average Bonchev–Trinajstić information content (AvgIpc) is 2.75. The van der Waals surface area contributed by atoms with E-state index in [-0.39, 0.29) is 24.8 Å². The lowest BCUT2D eigenvalue weighted by Gasteiger charge is -2.26. The van der Waals surface area contributed by atoms with Crippen LogP contribution < -0.4 is 5.73 Å². The molecule has 2 aromatic heterocycles. The first-order valence-electron chi connectivity index (χ1n) is 5.67. The molecule has 0 aromatic carbocycles. The van der Waals surface area contributed by atoms with E-state index in [4.69, 9.17) is 5.73 Å². The minimum Gasteiger partial charge on any atom is -0.375 e. The van der Waals surface area contributed by atoms with Crippen LogP contribution in [0.4, 0.5) is 5.13 Å². The number of halogens is 2. The third-order valence-electron chi connectivity index (χ3n) is 3.02. The molecule has 0 saturated carbocycles. The van der Waals surface area contributed by atoms with E-state index in [1.54, 1.807) is 11.3 Å². The Morgan fingerprint density at radius 3 is 2.83 bits per heavy atom. The molecule has 0 bridgehead atoms. The van der Waals surface area contributed by atoms with Gasteiger partial charge < -0.3 is 5.73 Å². The van der Waals surface area contributed by atoms with Gasteiger partial charge in [0.15, 0.2) is 5.13 Å². The molecule has 2 aromatic rings. The van der Waals surface area contributed by atoms with Gasteiger partial charge in [0, 0.05) is 18.0 Å². The van der Waals surface area contributed by atoms with Crippen molar-refractivity contribution in [3.63, 3.8) is 0 Å². The fourth-order valence-electron chi connectivity index (χ4n) is 2.32. The first-order chi connectivity index (χ1) is 7.78. The monoisotopic (exact) mass is 325 g/mol. The van der Waals surface area contributed by atoms with Gasteiger partial charge in [-0.15, -0.1) is 36.2 Å². The summed E-state index contributed by atoms with van der Waals surface area (Å²) in [5.74, 6) is 0. The van der Waals surface area contributed by atoms with Crippen molar-refractivity contribution in [2.24, 2.45) is 0 Å². The van der Waals surface area contributed by atoms with Crippen LogP contribution >= 0.6 is 47.5 Å². The summed E-state index contributed by atoms with van der Waals surface area (Å²) in [6.07, 6.45) is 2.41. The smallest absolute Gasteiger partial charge is 0.181 e. The zero-order chi connectivity index (χ0) is 11.1. The van der Waals surface area contributed by atoms with Gasteiger partial charge in [-0.1, -0.05) is 18.3 Å². The van der Waals surface area contributed by atoms with E-state index in [9.17, 15) is 0 Å². The van der Waals surface area contributed by atoms with Crippen molar-refractivity contribution in [2.75, 3.05) is 18.8 Å². The molecule has 0 spiro atoms. The number of nitrogens with zero attached hydrogens (tertiary/aromatic N) is 2. The Balaban J connectivity index is 0.000000810. The van der Waals surface area contributed by atoms with Gasteiger partial charge in [0.25, 0.3) is 0 Å². The van der Waals surface area contributed by atoms with E-state index in [0.717, 1.165) is 11.4 Å². The number of fused-ring (bicyclic) bond motifs is 3. The maximum Gasteiger partial charge on any atom is 0.181 e. The Kier molecular flexibility index (Phi) is 5.67. The van der Waals surface area contributed by atoms with E-state index in [2.05, 4.69) is 16.8 Å². The number of anilines is 1. The molecule has 7 heteroatoms. The van der Waals surface area contributed by atoms with Crippen LogP contribution in [0.25, 0.3) is 9.53 Å². The number of nitrogens with two attached hydrogens (primary N) is 1. The largest absolute Gasteiger partial charge is 0.375 e. The molecule has 0 fully saturated rings. The van der Waals surface area contributed by atoms with E-state index >= 15 is 0 Å². The van der Waals surface area contributed by atoms with Crippen molar-refractivity contribution in [1.29, 1.82) is 0 Å². The van der Waals surface area contributed by atoms with Crippen LogP contribution in [-0.4, -0.2) is 23.0 Å². The number of nitrogen functional groups attached to an aromatic ring is 1. The van der Waals surface area contributed by atoms with Gasteiger partial charge in [-0.05, 0) is 24.9 Å². The summed E-state index contributed by atoms with van der Waals surface area (Å²) in [5.41, 5.74) is 7.26. The molecule has 0 aliphatic carbocycles. The molecular weight excluding hydrogens is 309 g/mol. The first kappa shape index (κ1) is 16.0. The molecule has 102 valence electrons. The molecule has 0 atom stereocenters. The van der Waals surface area contributed by atoms with E-state index in [0.29, 0.717) is 5.13 Å². The van der Waals surface area contributed by atoms with Crippen molar-refractivity contribution >= 4 is 62.1 Å². The Bertz CT molecular complexity index is 524. The van der Waals surface area contributed by atoms with Gasteiger partial charge in [0.2, 0.25) is 0 Å². The fourth-order valence-corrected chi connectivity index (χ4v) is 4.56. The molecule has 2 N–H and O–H groups in total. The first-order valence-corrected chi connectivity index (χ1v) is 7.30. The highest BCUT2D eigenvalue weighted by Crippen LogP contribution is 2.39. The van der Waals surface area contributed by atoms with Crippen LogP contribution in [0.15, 0.2) is 0 Å². The summed E-state index contributed by atoms with van der Waals surface area (Å²) in [7, 11) is 0. The molecular formula is C11H17Cl2N3S2. The van der Waals surface area contributed by atoms with E-state index < -0.39 is 0 Å². The molecule has 1 aliphatic heterocycles. The molecule has 3 rings (SSSR count). The Hall–Kier alpha value is -0.0700. The third-order valence-corrected chi connectivity index (χ3v) is 5.28. The highest BCUT2D eigenvalue weighted by atomic mass is 35.5. The summed E-state index contributed by atoms with van der Waals surface area (Å²) in [6.45, 7) is 5.73. The Labute approximate surface area is 127 Å². The molecule has 3 heterocycles. The van der Waals surface area contributed by atoms with Crippen LogP contribution in [-0.2, 0) is 13.0 Å². The summed E-state index contributed by atoms with van der Waals surface area (Å²) in [4.78, 5) is 9.59. The van der Waals surface area contributed by atoms with Crippen LogP contribution in [0, 0.1) is 0 Å². The summed E-state index contributed by atoms with van der Waals surface area (Å²) < 4.78 is 1.33. The lowest BCUT2D eigenvalue weighted by Crippen LogP contribution is -2.30. The predicted molar refractivity (Wildman–Crippen MR) is 85.7 cm³/mol. The SMILES string of the molecule is CCCN1CCc2sc3nc(N)sc3c2C1.Cl.Cl. The van der Waals surface area contributed by atoms with Crippen molar-refractivity contribution < 1.29 is 0 Å². The number of aromatic nitrogens is 1. The fraction of sp³-hybridized carbons (Fsp3) is 0.545. The minimum atomic E-state index is 0. The highest BCUT2D eigenvalue weighted by molar-refractivity contribution is 7.29. The summed E-state index contributed by atoms with van der Waals surface area (Å²) in [6, 6.07) is 0. The van der Waals surface area contributed by atoms with Crippen LogP contribution in [0.1, 0.15) is 23.8 Å². The van der Waals surface area contributed by atoms with Crippen molar-refractivity contribution in [1.82, 2.24) is 9.88 Å². The number of thiophene rings is 1. The molecule has 18 heavy (non-hydrogen) atoms. The van der Waals surface area contributed by atoms with Gasteiger partial charge in [0.1, 0.15) is 4.83 Å². The zero-order valence-corrected chi connectivity index (χ0v) is 13.4. The van der Waals surface area contributed by atoms with Crippen molar-refractivity contribution in [3.05, 3.63) is 10.4 Å². The molecule has 0 amide bonds. The number of hydrogen-bond acceptors (Lipinski definition) is 5. The van der Waals surface area contributed by atoms with Crippen molar-refractivity contribution in [2.45, 2.75) is 26.3 Å². The second-order valence-corrected chi connectivity index (χ2v) is 6.33. The van der Waals surface area contributed by atoms with Gasteiger partial charge in [-0.3, -0.25) is 4.90 Å². The zero-order valence-electron chi connectivity index (χ0n) is 10.1. The summed E-state index contributed by atoms with van der Waals surface area (Å²) in [5, 5.41) is 0.705. The second-order valence-electron chi connectivity index (χ2n) is 4.22. The highest BCUT2D eigenvalue weighted by Gasteiger charge is 2.22. The average molecular weight is 326 g/mol. The molecule has 0 radical (unpaired) electrons. The predicted octanol–water partition coefficient (Wildman–Crippen LogP) is 3.55. The number of hydrogen-bond donors (Lipinski definition) is 1. The van der Waals surface area contributed by atoms with Crippen molar-refractivity contribution in [3.8, 4) is 0 Å². The second kappa shape index (κ2) is 6.39. The van der Waals surface area contributed by atoms with Crippen LogP contribution in [0.5, 0.6) is 0 Å². The van der Waals surface area contributed by atoms with Gasteiger partial charge >= 0.3 is 0 Å². The summed E-state index contributed by atoms with van der Waals surface area (Å²) >= 11 is 3.48. The van der Waals surface area contributed by atoms with Gasteiger partial charge in [-0.2, -0.15) is 0 Å². The lowest BCUT2D eigenvalue weighted by atomic mass is 10.1. The molecule has 1 aliphatic rings. The van der Waals surface area contributed by atoms with Gasteiger partial charge in [-0.25, -0.2) is 4.98 Å². The van der Waals surface area contributed by atoms with E-state index in [1.165, 1.54) is 41.1 Å². The maximum absolute atomic E-state index is 5.76.